The van der Waals surface area contributed by atoms with Crippen LogP contribution in [0.25, 0.3) is 0 Å². The van der Waals surface area contributed by atoms with Crippen molar-refractivity contribution in [2.45, 2.75) is 6.92 Å². The summed E-state index contributed by atoms with van der Waals surface area (Å²) in [4.78, 5) is 15.8. The number of rotatable bonds is 3. The molecule has 6 heteroatoms. The Balaban J connectivity index is 2.04. The Morgan fingerprint density at radius 1 is 1.40 bits per heavy atom. The number of phenolic OH excluding ortho intramolecular Hbond substituents is 1. The fraction of sp³-hybridized carbons (Fsp3) is 0.0714. The number of halogens is 1. The maximum atomic E-state index is 11.7. The first-order valence-corrected chi connectivity index (χ1v) is 6.18. The van der Waals surface area contributed by atoms with Crippen LogP contribution in [0.5, 0.6) is 5.75 Å². The number of amides is 1. The van der Waals surface area contributed by atoms with E-state index in [1.807, 2.05) is 6.92 Å². The Morgan fingerprint density at radius 3 is 2.90 bits per heavy atom. The van der Waals surface area contributed by atoms with Crippen LogP contribution in [0.2, 0.25) is 5.02 Å². The minimum absolute atomic E-state index is 0.0319. The van der Waals surface area contributed by atoms with Crippen molar-refractivity contribution in [2.75, 3.05) is 0 Å². The molecule has 0 aliphatic heterocycles. The van der Waals surface area contributed by atoms with Gasteiger partial charge in [0.2, 0.25) is 0 Å². The van der Waals surface area contributed by atoms with Crippen molar-refractivity contribution < 1.29 is 9.90 Å². The molecule has 0 radical (unpaired) electrons. The van der Waals surface area contributed by atoms with Gasteiger partial charge in [-0.2, -0.15) is 5.10 Å². The molecule has 0 saturated carbocycles. The van der Waals surface area contributed by atoms with E-state index in [0.717, 1.165) is 5.69 Å². The van der Waals surface area contributed by atoms with Crippen LogP contribution < -0.4 is 5.43 Å². The highest BCUT2D eigenvalue weighted by Gasteiger charge is 2.04. The third-order valence-electron chi connectivity index (χ3n) is 2.53. The van der Waals surface area contributed by atoms with E-state index in [-0.39, 0.29) is 11.7 Å². The molecular weight excluding hydrogens is 278 g/mol. The lowest BCUT2D eigenvalue weighted by molar-refractivity contribution is 0.0954. The van der Waals surface area contributed by atoms with Crippen LogP contribution in [0.4, 0.5) is 0 Å². The highest BCUT2D eigenvalue weighted by atomic mass is 35.5. The van der Waals surface area contributed by atoms with Gasteiger partial charge in [-0.15, -0.1) is 0 Å². The van der Waals surface area contributed by atoms with Gasteiger partial charge in [0.05, 0.1) is 11.8 Å². The molecule has 1 aromatic carbocycles. The zero-order valence-electron chi connectivity index (χ0n) is 10.7. The summed E-state index contributed by atoms with van der Waals surface area (Å²) in [6, 6.07) is 7.95. The largest absolute Gasteiger partial charge is 0.507 e. The Kier molecular flexibility index (Phi) is 4.32. The van der Waals surface area contributed by atoms with Crippen molar-refractivity contribution in [1.29, 1.82) is 0 Å². The summed E-state index contributed by atoms with van der Waals surface area (Å²) in [5.74, 6) is -0.348. The summed E-state index contributed by atoms with van der Waals surface area (Å²) in [5.41, 5.74) is 4.00. The van der Waals surface area contributed by atoms with Crippen molar-refractivity contribution in [3.63, 3.8) is 0 Å². The lowest BCUT2D eigenvalue weighted by Crippen LogP contribution is -2.17. The average molecular weight is 290 g/mol. The van der Waals surface area contributed by atoms with E-state index in [4.69, 9.17) is 11.6 Å². The number of hydrazone groups is 1. The summed E-state index contributed by atoms with van der Waals surface area (Å²) < 4.78 is 0. The van der Waals surface area contributed by atoms with Crippen molar-refractivity contribution in [2.24, 2.45) is 5.10 Å². The average Bonchev–Trinajstić information content (AvgIpc) is 2.43. The molecule has 5 nitrogen and oxygen atoms in total. The van der Waals surface area contributed by atoms with Gasteiger partial charge in [0, 0.05) is 22.5 Å². The molecule has 1 heterocycles. The van der Waals surface area contributed by atoms with E-state index in [1.54, 1.807) is 24.3 Å². The number of aromatic hydroxyl groups is 1. The van der Waals surface area contributed by atoms with Crippen molar-refractivity contribution in [3.8, 4) is 5.75 Å². The fourth-order valence-corrected chi connectivity index (χ4v) is 1.64. The number of nitrogens with one attached hydrogen (secondary N) is 1. The third-order valence-corrected chi connectivity index (χ3v) is 2.77. The molecule has 0 unspecified atom stereocenters. The minimum atomic E-state index is -0.379. The monoisotopic (exact) mass is 289 g/mol. The van der Waals surface area contributed by atoms with Crippen molar-refractivity contribution >= 4 is 23.7 Å². The Bertz CT molecular complexity index is 654. The molecule has 0 spiro atoms. The Labute approximate surface area is 120 Å². The van der Waals surface area contributed by atoms with E-state index in [1.165, 1.54) is 18.5 Å². The second kappa shape index (κ2) is 6.16. The summed E-state index contributed by atoms with van der Waals surface area (Å²) in [6.07, 6.45) is 2.79. The van der Waals surface area contributed by atoms with Crippen LogP contribution in [0, 0.1) is 6.92 Å². The highest BCUT2D eigenvalue weighted by Crippen LogP contribution is 2.19. The summed E-state index contributed by atoms with van der Waals surface area (Å²) in [7, 11) is 0. The van der Waals surface area contributed by atoms with Crippen molar-refractivity contribution in [3.05, 3.63) is 58.4 Å². The number of carbonyl (C=O) groups excluding carboxylic acids is 1. The van der Waals surface area contributed by atoms with Crippen molar-refractivity contribution in [1.82, 2.24) is 10.4 Å². The zero-order chi connectivity index (χ0) is 14.5. The highest BCUT2D eigenvalue weighted by molar-refractivity contribution is 6.30. The predicted molar refractivity (Wildman–Crippen MR) is 77.2 cm³/mol. The maximum Gasteiger partial charge on any atom is 0.272 e. The normalized spacial score (nSPS) is 10.7. The molecule has 2 N–H and O–H groups in total. The smallest absolute Gasteiger partial charge is 0.272 e. The number of carbonyl (C=O) groups is 1. The van der Waals surface area contributed by atoms with Gasteiger partial charge >= 0.3 is 0 Å². The molecule has 102 valence electrons. The quantitative estimate of drug-likeness (QED) is 0.673. The van der Waals surface area contributed by atoms with E-state index in [2.05, 4.69) is 15.5 Å². The number of hydrogen-bond donors (Lipinski definition) is 2. The molecule has 0 saturated heterocycles. The van der Waals surface area contributed by atoms with Gasteiger partial charge in [-0.1, -0.05) is 11.6 Å². The van der Waals surface area contributed by atoms with E-state index in [9.17, 15) is 9.90 Å². The molecule has 2 aromatic rings. The maximum absolute atomic E-state index is 11.7. The van der Waals surface area contributed by atoms with Gasteiger partial charge in [0.15, 0.2) is 0 Å². The van der Waals surface area contributed by atoms with Crippen LogP contribution in [0.3, 0.4) is 0 Å². The lowest BCUT2D eigenvalue weighted by Gasteiger charge is -2.01. The minimum Gasteiger partial charge on any atom is -0.507 e. The number of benzene rings is 1. The molecule has 20 heavy (non-hydrogen) atoms. The molecule has 1 amide bonds. The number of aryl methyl sites for hydroxylation is 1. The predicted octanol–water partition coefficient (Wildman–Crippen LogP) is 2.51. The van der Waals surface area contributed by atoms with Crippen LogP contribution >= 0.6 is 11.6 Å². The van der Waals surface area contributed by atoms with Gasteiger partial charge < -0.3 is 5.11 Å². The molecular formula is C14H12ClN3O2. The number of phenols is 1. The number of aromatic nitrogens is 1. The van der Waals surface area contributed by atoms with E-state index in [0.29, 0.717) is 16.1 Å². The molecule has 0 fully saturated rings. The van der Waals surface area contributed by atoms with Crippen LogP contribution in [-0.2, 0) is 0 Å². The topological polar surface area (TPSA) is 74.6 Å². The Morgan fingerprint density at radius 2 is 2.20 bits per heavy atom. The third kappa shape index (κ3) is 3.55. The van der Waals surface area contributed by atoms with E-state index < -0.39 is 0 Å². The zero-order valence-corrected chi connectivity index (χ0v) is 11.4. The van der Waals surface area contributed by atoms with Crippen LogP contribution in [0.15, 0.2) is 41.6 Å². The van der Waals surface area contributed by atoms with Gasteiger partial charge in [-0.05, 0) is 37.3 Å². The first-order valence-electron chi connectivity index (χ1n) is 5.81. The fourth-order valence-electron chi connectivity index (χ4n) is 1.46. The summed E-state index contributed by atoms with van der Waals surface area (Å²) >= 11 is 5.80. The molecule has 0 atom stereocenters. The van der Waals surface area contributed by atoms with Crippen LogP contribution in [0.1, 0.15) is 21.6 Å². The first kappa shape index (κ1) is 14.0. The molecule has 1 aromatic heterocycles. The van der Waals surface area contributed by atoms with Gasteiger partial charge in [0.1, 0.15) is 5.75 Å². The summed E-state index contributed by atoms with van der Waals surface area (Å²) in [6.45, 7) is 1.84. The number of hydrogen-bond acceptors (Lipinski definition) is 4. The van der Waals surface area contributed by atoms with Crippen LogP contribution in [-0.4, -0.2) is 22.2 Å². The standard InChI is InChI=1S/C14H12ClN3O2/c1-9-2-3-10(7-16-9)14(20)18-17-8-11-6-12(15)4-5-13(11)19/h2-8,19H,1H3,(H,18,20)/b17-8+. The van der Waals surface area contributed by atoms with Gasteiger partial charge in [-0.3, -0.25) is 9.78 Å². The summed E-state index contributed by atoms with van der Waals surface area (Å²) in [5, 5.41) is 13.8. The van der Waals surface area contributed by atoms with E-state index >= 15 is 0 Å². The Hall–Kier alpha value is -2.40. The SMILES string of the molecule is Cc1ccc(C(=O)N/N=C/c2cc(Cl)ccc2O)cn1. The first-order chi connectivity index (χ1) is 9.56. The molecule has 2 rings (SSSR count). The van der Waals surface area contributed by atoms with Gasteiger partial charge in [0.25, 0.3) is 5.91 Å². The molecule has 0 aliphatic carbocycles. The number of nitrogens with zero attached hydrogens (tertiary/aromatic N) is 2. The lowest BCUT2D eigenvalue weighted by atomic mass is 10.2. The second-order valence-electron chi connectivity index (χ2n) is 4.09. The van der Waals surface area contributed by atoms with Gasteiger partial charge in [-0.25, -0.2) is 5.43 Å². The number of pyridine rings is 1. The molecule has 0 bridgehead atoms. The second-order valence-corrected chi connectivity index (χ2v) is 4.53. The molecule has 0 aliphatic rings.